The van der Waals surface area contributed by atoms with Crippen molar-refractivity contribution in [2.24, 2.45) is 0 Å². The Morgan fingerprint density at radius 2 is 2.05 bits per heavy atom. The van der Waals surface area contributed by atoms with E-state index in [0.717, 1.165) is 0 Å². The van der Waals surface area contributed by atoms with E-state index < -0.39 is 12.0 Å². The van der Waals surface area contributed by atoms with Gasteiger partial charge in [-0.05, 0) is 12.1 Å². The number of fused-ring (bicyclic) bond motifs is 2. The molecule has 0 aliphatic carbocycles. The monoisotopic (exact) mass is 301 g/mol. The van der Waals surface area contributed by atoms with Gasteiger partial charge in [0.2, 0.25) is 0 Å². The number of carbonyl (C=O) groups excluding carboxylic acids is 1. The van der Waals surface area contributed by atoms with Crippen LogP contribution in [0.5, 0.6) is 11.5 Å². The fraction of sp³-hybridized carbons (Fsp3) is 0.214. The molecule has 22 heavy (non-hydrogen) atoms. The van der Waals surface area contributed by atoms with Crippen LogP contribution in [0.2, 0.25) is 0 Å². The number of aromatic hydroxyl groups is 2. The SMILES string of the molecule is O=C([O-])C1CCn2c(=O)[nH]c3cc4cc(O)c(O)cc4[n+]1c32. The molecule has 0 radical (unpaired) electrons. The second-order valence-corrected chi connectivity index (χ2v) is 5.36. The lowest BCUT2D eigenvalue weighted by Gasteiger charge is -2.22. The Morgan fingerprint density at radius 3 is 2.77 bits per heavy atom. The predicted molar refractivity (Wildman–Crippen MR) is 72.3 cm³/mol. The second kappa shape index (κ2) is 4.00. The summed E-state index contributed by atoms with van der Waals surface area (Å²) in [5.74, 6) is -1.93. The number of imidazole rings is 1. The van der Waals surface area contributed by atoms with Crippen LogP contribution in [0.4, 0.5) is 0 Å². The van der Waals surface area contributed by atoms with E-state index in [9.17, 15) is 24.9 Å². The van der Waals surface area contributed by atoms with Crippen LogP contribution in [0.3, 0.4) is 0 Å². The molecule has 2 aromatic heterocycles. The highest BCUT2D eigenvalue weighted by molar-refractivity contribution is 5.88. The number of nitrogens with zero attached hydrogens (tertiary/aromatic N) is 2. The summed E-state index contributed by atoms with van der Waals surface area (Å²) in [5, 5.41) is 31.3. The van der Waals surface area contributed by atoms with E-state index in [1.54, 1.807) is 6.07 Å². The molecular weight excluding hydrogens is 290 g/mol. The zero-order chi connectivity index (χ0) is 15.6. The number of carboxylic acids is 1. The van der Waals surface area contributed by atoms with Gasteiger partial charge in [0.1, 0.15) is 23.6 Å². The number of carbonyl (C=O) groups is 1. The van der Waals surface area contributed by atoms with Gasteiger partial charge in [0, 0.05) is 17.9 Å². The summed E-state index contributed by atoms with van der Waals surface area (Å²) in [6.07, 6.45) is 0.202. The molecule has 3 heterocycles. The van der Waals surface area contributed by atoms with Crippen LogP contribution in [0.15, 0.2) is 23.0 Å². The highest BCUT2D eigenvalue weighted by atomic mass is 16.4. The summed E-state index contributed by atoms with van der Waals surface area (Å²) >= 11 is 0. The van der Waals surface area contributed by atoms with Crippen LogP contribution < -0.4 is 15.4 Å². The minimum atomic E-state index is -1.26. The van der Waals surface area contributed by atoms with Gasteiger partial charge in [-0.25, -0.2) is 9.36 Å². The standard InChI is InChI=1S/C14H11N3O5/c18-10-4-6-3-7-12-16(14(22)15-7)2-1-8(13(20)21)17(12)9(6)5-11(10)19/h3-5,8H,1-2H2,(H3,15,18,20,21,22). The van der Waals surface area contributed by atoms with E-state index in [4.69, 9.17) is 0 Å². The maximum atomic E-state index is 12.0. The Labute approximate surface area is 122 Å². The molecule has 1 aliphatic rings. The summed E-state index contributed by atoms with van der Waals surface area (Å²) in [6.45, 7) is 0.271. The zero-order valence-electron chi connectivity index (χ0n) is 11.2. The fourth-order valence-electron chi connectivity index (χ4n) is 3.14. The van der Waals surface area contributed by atoms with Crippen LogP contribution in [-0.2, 0) is 11.3 Å². The van der Waals surface area contributed by atoms with E-state index >= 15 is 0 Å². The summed E-state index contributed by atoms with van der Waals surface area (Å²) in [6, 6.07) is 3.29. The van der Waals surface area contributed by atoms with E-state index in [2.05, 4.69) is 4.98 Å². The Bertz CT molecular complexity index is 1020. The summed E-state index contributed by atoms with van der Waals surface area (Å²) in [5.41, 5.74) is 0.977. The topological polar surface area (TPSA) is 122 Å². The Balaban J connectivity index is 2.26. The lowest BCUT2D eigenvalue weighted by Crippen LogP contribution is -2.54. The first-order valence-electron chi connectivity index (χ1n) is 6.71. The zero-order valence-corrected chi connectivity index (χ0v) is 11.2. The molecule has 0 bridgehead atoms. The predicted octanol–water partition coefficient (Wildman–Crippen LogP) is -1.12. The molecule has 4 rings (SSSR count). The van der Waals surface area contributed by atoms with Gasteiger partial charge in [-0.15, -0.1) is 0 Å². The first-order valence-corrected chi connectivity index (χ1v) is 6.71. The van der Waals surface area contributed by atoms with Crippen molar-refractivity contribution in [2.75, 3.05) is 0 Å². The number of aromatic nitrogens is 3. The van der Waals surface area contributed by atoms with Crippen molar-refractivity contribution in [2.45, 2.75) is 19.0 Å². The van der Waals surface area contributed by atoms with E-state index in [0.29, 0.717) is 22.1 Å². The second-order valence-electron chi connectivity index (χ2n) is 5.36. The Morgan fingerprint density at radius 1 is 1.32 bits per heavy atom. The molecule has 0 saturated carbocycles. The molecule has 3 aromatic rings. The summed E-state index contributed by atoms with van der Waals surface area (Å²) < 4.78 is 2.92. The van der Waals surface area contributed by atoms with Crippen LogP contribution >= 0.6 is 0 Å². The number of nitrogens with one attached hydrogen (secondary N) is 1. The average Bonchev–Trinajstić information content (AvgIpc) is 2.78. The molecule has 1 atom stereocenters. The lowest BCUT2D eigenvalue weighted by atomic mass is 10.1. The molecular formula is C14H11N3O5. The van der Waals surface area contributed by atoms with Crippen molar-refractivity contribution >= 4 is 28.0 Å². The summed E-state index contributed by atoms with van der Waals surface area (Å²) in [4.78, 5) is 26.1. The smallest absolute Gasteiger partial charge is 0.413 e. The van der Waals surface area contributed by atoms with Crippen molar-refractivity contribution in [1.29, 1.82) is 0 Å². The van der Waals surface area contributed by atoms with Crippen molar-refractivity contribution in [1.82, 2.24) is 9.55 Å². The van der Waals surface area contributed by atoms with Crippen molar-refractivity contribution in [3.05, 3.63) is 28.7 Å². The average molecular weight is 301 g/mol. The van der Waals surface area contributed by atoms with E-state index in [1.165, 1.54) is 21.3 Å². The number of H-pyrrole nitrogens is 1. The molecule has 1 aliphatic heterocycles. The van der Waals surface area contributed by atoms with Gasteiger partial charge in [0.05, 0.1) is 5.97 Å². The number of benzene rings is 1. The molecule has 0 amide bonds. The molecule has 8 nitrogen and oxygen atoms in total. The maximum absolute atomic E-state index is 12.0. The Kier molecular flexibility index (Phi) is 2.31. The lowest BCUT2D eigenvalue weighted by molar-refractivity contribution is -0.674. The highest BCUT2D eigenvalue weighted by Gasteiger charge is 2.33. The van der Waals surface area contributed by atoms with Crippen LogP contribution in [0.25, 0.3) is 22.1 Å². The number of hydrogen-bond acceptors (Lipinski definition) is 5. The van der Waals surface area contributed by atoms with E-state index in [1.807, 2.05) is 0 Å². The van der Waals surface area contributed by atoms with Gasteiger partial charge in [-0.3, -0.25) is 4.98 Å². The maximum Gasteiger partial charge on any atom is 0.413 e. The van der Waals surface area contributed by atoms with Gasteiger partial charge < -0.3 is 20.1 Å². The van der Waals surface area contributed by atoms with Crippen molar-refractivity contribution in [3.63, 3.8) is 0 Å². The van der Waals surface area contributed by atoms with Gasteiger partial charge >= 0.3 is 11.3 Å². The van der Waals surface area contributed by atoms with Gasteiger partial charge in [-0.2, -0.15) is 4.57 Å². The first-order chi connectivity index (χ1) is 10.5. The minimum absolute atomic E-state index is 0.202. The van der Waals surface area contributed by atoms with Crippen LogP contribution in [0, 0.1) is 0 Å². The third-order valence-electron chi connectivity index (χ3n) is 4.10. The quantitative estimate of drug-likeness (QED) is 0.388. The molecule has 3 N–H and O–H groups in total. The number of aromatic amines is 1. The molecule has 0 fully saturated rings. The molecule has 0 saturated heterocycles. The molecule has 1 unspecified atom stereocenters. The number of aliphatic carboxylic acids is 1. The van der Waals surface area contributed by atoms with Gasteiger partial charge in [0.15, 0.2) is 11.5 Å². The van der Waals surface area contributed by atoms with Gasteiger partial charge in [0.25, 0.3) is 0 Å². The van der Waals surface area contributed by atoms with Crippen molar-refractivity contribution < 1.29 is 24.7 Å². The van der Waals surface area contributed by atoms with E-state index in [-0.39, 0.29) is 30.2 Å². The molecule has 8 heteroatoms. The number of phenolic OH excluding ortho intramolecular Hbond substituents is 2. The number of pyridine rings is 1. The fourth-order valence-corrected chi connectivity index (χ4v) is 3.14. The minimum Gasteiger partial charge on any atom is -0.546 e. The summed E-state index contributed by atoms with van der Waals surface area (Å²) in [7, 11) is 0. The number of hydrogen-bond donors (Lipinski definition) is 3. The highest BCUT2D eigenvalue weighted by Crippen LogP contribution is 2.31. The van der Waals surface area contributed by atoms with Crippen molar-refractivity contribution in [3.8, 4) is 11.5 Å². The third-order valence-corrected chi connectivity index (χ3v) is 4.10. The van der Waals surface area contributed by atoms with Crippen LogP contribution in [-0.4, -0.2) is 25.7 Å². The number of aryl methyl sites for hydroxylation is 1. The number of phenols is 2. The largest absolute Gasteiger partial charge is 0.546 e. The molecule has 1 aromatic carbocycles. The number of rotatable bonds is 1. The number of carboxylic acid groups (broad SMARTS) is 1. The third kappa shape index (κ3) is 1.49. The Hall–Kier alpha value is -3.03. The van der Waals surface area contributed by atoms with Gasteiger partial charge in [-0.1, -0.05) is 0 Å². The first kappa shape index (κ1) is 12.7. The normalized spacial score (nSPS) is 17.2. The van der Waals surface area contributed by atoms with Crippen LogP contribution in [0.1, 0.15) is 12.5 Å². The molecule has 112 valence electrons. The molecule has 0 spiro atoms.